The van der Waals surface area contributed by atoms with E-state index in [2.05, 4.69) is 15.6 Å². The molecule has 0 aromatic carbocycles. The Morgan fingerprint density at radius 2 is 1.78 bits per heavy atom. The molecule has 3 rings (SSSR count). The first-order valence-corrected chi connectivity index (χ1v) is 9.63. The fraction of sp³-hybridized carbons (Fsp3) is 0.706. The number of amides is 2. The van der Waals surface area contributed by atoms with E-state index in [1.165, 1.54) is 30.6 Å². The average molecular weight is 335 g/mol. The van der Waals surface area contributed by atoms with Gasteiger partial charge in [0.2, 0.25) is 11.8 Å². The Labute approximate surface area is 141 Å². The molecule has 1 heterocycles. The van der Waals surface area contributed by atoms with Crippen molar-refractivity contribution in [1.82, 2.24) is 10.3 Å². The van der Waals surface area contributed by atoms with Crippen LogP contribution in [-0.4, -0.2) is 22.8 Å². The van der Waals surface area contributed by atoms with Gasteiger partial charge in [0.1, 0.15) is 0 Å². The molecule has 0 atom stereocenters. The Balaban J connectivity index is 1.46. The van der Waals surface area contributed by atoms with Gasteiger partial charge in [-0.15, -0.1) is 11.3 Å². The second-order valence-corrected chi connectivity index (χ2v) is 7.55. The number of carbonyl (C=O) groups is 2. The third kappa shape index (κ3) is 4.77. The lowest BCUT2D eigenvalue weighted by atomic mass is 9.95. The number of anilines is 1. The molecule has 0 aliphatic heterocycles. The Kier molecular flexibility index (Phi) is 5.65. The van der Waals surface area contributed by atoms with Crippen molar-refractivity contribution in [1.29, 1.82) is 0 Å². The summed E-state index contributed by atoms with van der Waals surface area (Å²) in [5.74, 6) is 0.253. The van der Waals surface area contributed by atoms with Gasteiger partial charge in [-0.05, 0) is 25.7 Å². The molecule has 2 saturated carbocycles. The molecule has 2 N–H and O–H groups in total. The second-order valence-electron chi connectivity index (χ2n) is 6.69. The van der Waals surface area contributed by atoms with E-state index in [1.54, 1.807) is 0 Å². The van der Waals surface area contributed by atoms with Crippen LogP contribution in [0.4, 0.5) is 5.13 Å². The fourth-order valence-electron chi connectivity index (χ4n) is 3.53. The van der Waals surface area contributed by atoms with Crippen LogP contribution in [0.2, 0.25) is 0 Å². The lowest BCUT2D eigenvalue weighted by Crippen LogP contribution is -2.37. The first-order valence-electron chi connectivity index (χ1n) is 8.75. The predicted molar refractivity (Wildman–Crippen MR) is 91.4 cm³/mol. The SMILES string of the molecule is O=C(Cc1csc(NC(=O)C2CCCC2)n1)NC1CCCCC1. The smallest absolute Gasteiger partial charge is 0.229 e. The van der Waals surface area contributed by atoms with Gasteiger partial charge in [-0.25, -0.2) is 4.98 Å². The summed E-state index contributed by atoms with van der Waals surface area (Å²) in [5.41, 5.74) is 0.741. The molecule has 0 radical (unpaired) electrons. The molecule has 2 aliphatic carbocycles. The molecule has 0 bridgehead atoms. The van der Waals surface area contributed by atoms with Crippen LogP contribution in [0.3, 0.4) is 0 Å². The van der Waals surface area contributed by atoms with Gasteiger partial charge in [-0.2, -0.15) is 0 Å². The summed E-state index contributed by atoms with van der Waals surface area (Å²) >= 11 is 1.40. The highest BCUT2D eigenvalue weighted by molar-refractivity contribution is 7.13. The van der Waals surface area contributed by atoms with Crippen molar-refractivity contribution in [3.63, 3.8) is 0 Å². The monoisotopic (exact) mass is 335 g/mol. The topological polar surface area (TPSA) is 71.1 Å². The first-order chi connectivity index (χ1) is 11.2. The summed E-state index contributed by atoms with van der Waals surface area (Å²) in [5, 5.41) is 8.48. The maximum Gasteiger partial charge on any atom is 0.229 e. The predicted octanol–water partition coefficient (Wildman–Crippen LogP) is 3.26. The lowest BCUT2D eigenvalue weighted by molar-refractivity contribution is -0.121. The van der Waals surface area contributed by atoms with E-state index < -0.39 is 0 Å². The Morgan fingerprint density at radius 3 is 2.52 bits per heavy atom. The third-order valence-electron chi connectivity index (χ3n) is 4.82. The zero-order valence-electron chi connectivity index (χ0n) is 13.5. The lowest BCUT2D eigenvalue weighted by Gasteiger charge is -2.22. The van der Waals surface area contributed by atoms with E-state index in [-0.39, 0.29) is 17.7 Å². The van der Waals surface area contributed by atoms with E-state index in [4.69, 9.17) is 0 Å². The van der Waals surface area contributed by atoms with Gasteiger partial charge in [0, 0.05) is 17.3 Å². The maximum absolute atomic E-state index is 12.1. The van der Waals surface area contributed by atoms with Gasteiger partial charge < -0.3 is 10.6 Å². The molecule has 2 aliphatic rings. The van der Waals surface area contributed by atoms with Crippen molar-refractivity contribution >= 4 is 28.3 Å². The van der Waals surface area contributed by atoms with Crippen LogP contribution in [0.25, 0.3) is 0 Å². The largest absolute Gasteiger partial charge is 0.353 e. The van der Waals surface area contributed by atoms with Crippen molar-refractivity contribution < 1.29 is 9.59 Å². The van der Waals surface area contributed by atoms with Crippen LogP contribution in [0, 0.1) is 5.92 Å². The van der Waals surface area contributed by atoms with Crippen LogP contribution in [0.1, 0.15) is 63.5 Å². The highest BCUT2D eigenvalue weighted by atomic mass is 32.1. The minimum Gasteiger partial charge on any atom is -0.353 e. The number of nitrogens with one attached hydrogen (secondary N) is 2. The standard InChI is InChI=1S/C17H25N3O2S/c21-15(18-13-8-2-1-3-9-13)10-14-11-23-17(19-14)20-16(22)12-6-4-5-7-12/h11-13H,1-10H2,(H,18,21)(H,19,20,22). The molecule has 5 nitrogen and oxygen atoms in total. The molecule has 126 valence electrons. The summed E-state index contributed by atoms with van der Waals surface area (Å²) < 4.78 is 0. The normalized spacial score (nSPS) is 19.7. The first kappa shape index (κ1) is 16.4. The number of aromatic nitrogens is 1. The van der Waals surface area contributed by atoms with Crippen molar-refractivity contribution in [2.24, 2.45) is 5.92 Å². The van der Waals surface area contributed by atoms with Crippen molar-refractivity contribution in [3.05, 3.63) is 11.1 Å². The molecule has 1 aromatic rings. The van der Waals surface area contributed by atoms with E-state index in [9.17, 15) is 9.59 Å². The summed E-state index contributed by atoms with van der Waals surface area (Å²) in [7, 11) is 0. The van der Waals surface area contributed by atoms with Gasteiger partial charge in [-0.3, -0.25) is 9.59 Å². The van der Waals surface area contributed by atoms with Gasteiger partial charge in [-0.1, -0.05) is 32.1 Å². The molecule has 6 heteroatoms. The minimum absolute atomic E-state index is 0.0378. The zero-order valence-corrected chi connectivity index (χ0v) is 14.3. The third-order valence-corrected chi connectivity index (χ3v) is 5.63. The summed E-state index contributed by atoms with van der Waals surface area (Å²) in [4.78, 5) is 28.6. The molecule has 0 unspecified atom stereocenters. The number of hydrogen-bond acceptors (Lipinski definition) is 4. The van der Waals surface area contributed by atoms with Crippen molar-refractivity contribution in [3.8, 4) is 0 Å². The molecule has 2 amide bonds. The van der Waals surface area contributed by atoms with E-state index in [0.29, 0.717) is 17.6 Å². The van der Waals surface area contributed by atoms with E-state index >= 15 is 0 Å². The number of rotatable bonds is 5. The van der Waals surface area contributed by atoms with Crippen LogP contribution in [0.15, 0.2) is 5.38 Å². The number of thiazole rings is 1. The summed E-state index contributed by atoms with van der Waals surface area (Å²) in [6.45, 7) is 0. The molecular weight excluding hydrogens is 310 g/mol. The minimum atomic E-state index is 0.0378. The highest BCUT2D eigenvalue weighted by Crippen LogP contribution is 2.26. The van der Waals surface area contributed by atoms with E-state index in [1.807, 2.05) is 5.38 Å². The fourth-order valence-corrected chi connectivity index (χ4v) is 4.24. The Hall–Kier alpha value is -1.43. The average Bonchev–Trinajstić information content (AvgIpc) is 3.20. The molecule has 0 spiro atoms. The summed E-state index contributed by atoms with van der Waals surface area (Å²) in [6, 6.07) is 0.330. The van der Waals surface area contributed by atoms with Crippen molar-refractivity contribution in [2.75, 3.05) is 5.32 Å². The molecule has 23 heavy (non-hydrogen) atoms. The Bertz CT molecular complexity index is 546. The zero-order chi connectivity index (χ0) is 16.1. The van der Waals surface area contributed by atoms with Crippen LogP contribution < -0.4 is 10.6 Å². The number of nitrogens with zero attached hydrogens (tertiary/aromatic N) is 1. The second kappa shape index (κ2) is 7.90. The summed E-state index contributed by atoms with van der Waals surface area (Å²) in [6.07, 6.45) is 10.4. The van der Waals surface area contributed by atoms with Gasteiger partial charge in [0.15, 0.2) is 5.13 Å². The van der Waals surface area contributed by atoms with Gasteiger partial charge in [0.25, 0.3) is 0 Å². The van der Waals surface area contributed by atoms with Crippen molar-refractivity contribution in [2.45, 2.75) is 70.3 Å². The van der Waals surface area contributed by atoms with E-state index in [0.717, 1.165) is 44.2 Å². The molecule has 2 fully saturated rings. The van der Waals surface area contributed by atoms with Crippen LogP contribution in [0.5, 0.6) is 0 Å². The molecular formula is C17H25N3O2S. The quantitative estimate of drug-likeness (QED) is 0.867. The van der Waals surface area contributed by atoms with Crippen LogP contribution >= 0.6 is 11.3 Å². The number of carbonyl (C=O) groups excluding carboxylic acids is 2. The highest BCUT2D eigenvalue weighted by Gasteiger charge is 2.23. The van der Waals surface area contributed by atoms with Gasteiger partial charge >= 0.3 is 0 Å². The molecule has 1 aromatic heterocycles. The maximum atomic E-state index is 12.1. The van der Waals surface area contributed by atoms with Crippen LogP contribution in [-0.2, 0) is 16.0 Å². The number of hydrogen-bond donors (Lipinski definition) is 2. The molecule has 0 saturated heterocycles. The van der Waals surface area contributed by atoms with Gasteiger partial charge in [0.05, 0.1) is 12.1 Å². The Morgan fingerprint density at radius 1 is 1.09 bits per heavy atom.